The van der Waals surface area contributed by atoms with Crippen LogP contribution in [0.5, 0.6) is 5.75 Å². The number of carbonyl (C=O) groups is 1. The molecule has 8 heteroatoms. The number of carbonyl (C=O) groups excluding carboxylic acids is 1. The normalized spacial score (nSPS) is 11.3. The number of nitrogens with one attached hydrogen (secondary N) is 1. The number of methoxy groups -OCH3 is 1. The highest BCUT2D eigenvalue weighted by Crippen LogP contribution is 2.28. The number of pyridine rings is 1. The molecule has 4 aromatic rings. The van der Waals surface area contributed by atoms with Crippen LogP contribution < -0.4 is 10.1 Å². The molecule has 0 fully saturated rings. The third kappa shape index (κ3) is 3.76. The summed E-state index contributed by atoms with van der Waals surface area (Å²) in [4.78, 5) is 18.1. The predicted molar refractivity (Wildman–Crippen MR) is 121 cm³/mol. The van der Waals surface area contributed by atoms with Crippen molar-refractivity contribution in [3.8, 4) is 17.0 Å². The number of anilines is 1. The van der Waals surface area contributed by atoms with Gasteiger partial charge in [0, 0.05) is 30.4 Å². The zero-order valence-electron chi connectivity index (χ0n) is 18.6. The molecule has 160 valence electrons. The maximum atomic E-state index is 13.3. The maximum absolute atomic E-state index is 13.3. The first-order chi connectivity index (χ1) is 14.8. The summed E-state index contributed by atoms with van der Waals surface area (Å²) < 4.78 is 8.83. The van der Waals surface area contributed by atoms with E-state index in [0.29, 0.717) is 22.7 Å². The Kier molecular flexibility index (Phi) is 5.22. The van der Waals surface area contributed by atoms with E-state index in [9.17, 15) is 4.79 Å². The molecule has 0 bridgehead atoms. The van der Waals surface area contributed by atoms with Gasteiger partial charge in [-0.2, -0.15) is 10.2 Å². The second kappa shape index (κ2) is 7.86. The smallest absolute Gasteiger partial charge is 0.257 e. The number of aromatic nitrogens is 5. The third-order valence-corrected chi connectivity index (χ3v) is 5.25. The lowest BCUT2D eigenvalue weighted by Gasteiger charge is -2.09. The Morgan fingerprint density at radius 3 is 2.42 bits per heavy atom. The van der Waals surface area contributed by atoms with Gasteiger partial charge in [-0.3, -0.25) is 14.2 Å². The molecule has 4 rings (SSSR count). The molecular formula is C23H26N6O2. The molecule has 0 unspecified atom stereocenters. The average molecular weight is 419 g/mol. The van der Waals surface area contributed by atoms with Crippen molar-refractivity contribution in [1.82, 2.24) is 24.5 Å². The van der Waals surface area contributed by atoms with Crippen LogP contribution in [-0.2, 0) is 7.05 Å². The molecule has 0 aliphatic rings. The van der Waals surface area contributed by atoms with Crippen molar-refractivity contribution < 1.29 is 9.53 Å². The number of aryl methyl sites for hydroxylation is 3. The van der Waals surface area contributed by atoms with Gasteiger partial charge in [0.2, 0.25) is 0 Å². The molecule has 3 heterocycles. The van der Waals surface area contributed by atoms with Crippen molar-refractivity contribution >= 4 is 22.8 Å². The Hall–Kier alpha value is -3.68. The summed E-state index contributed by atoms with van der Waals surface area (Å²) in [6, 6.07) is 11.5. The van der Waals surface area contributed by atoms with Crippen molar-refractivity contribution in [3.63, 3.8) is 0 Å². The Bertz CT molecular complexity index is 1270. The van der Waals surface area contributed by atoms with Crippen LogP contribution in [0.3, 0.4) is 0 Å². The number of amides is 1. The van der Waals surface area contributed by atoms with Crippen LogP contribution in [0.25, 0.3) is 22.3 Å². The van der Waals surface area contributed by atoms with Gasteiger partial charge in [-0.25, -0.2) is 4.98 Å². The van der Waals surface area contributed by atoms with Crippen LogP contribution in [0.2, 0.25) is 0 Å². The molecule has 3 aromatic heterocycles. The molecule has 0 aliphatic heterocycles. The van der Waals surface area contributed by atoms with E-state index < -0.39 is 0 Å². The van der Waals surface area contributed by atoms with E-state index in [0.717, 1.165) is 28.1 Å². The van der Waals surface area contributed by atoms with Crippen molar-refractivity contribution in [2.24, 2.45) is 7.05 Å². The Labute approximate surface area is 180 Å². The minimum atomic E-state index is -0.244. The minimum Gasteiger partial charge on any atom is -0.497 e. The lowest BCUT2D eigenvalue weighted by atomic mass is 10.0. The van der Waals surface area contributed by atoms with Gasteiger partial charge >= 0.3 is 0 Å². The first-order valence-electron chi connectivity index (χ1n) is 10.1. The van der Waals surface area contributed by atoms with E-state index in [-0.39, 0.29) is 11.9 Å². The van der Waals surface area contributed by atoms with E-state index in [1.807, 2.05) is 55.9 Å². The SMILES string of the molecule is COc1ccc(-c2cc(C(=O)Nc3cc(C)n(C(C)C)n3)c3c(C)nn(C)c3n2)cc1. The molecule has 0 atom stereocenters. The molecule has 0 saturated heterocycles. The molecule has 0 saturated carbocycles. The van der Waals surface area contributed by atoms with Gasteiger partial charge in [0.05, 0.1) is 29.4 Å². The first-order valence-corrected chi connectivity index (χ1v) is 10.1. The number of benzene rings is 1. The van der Waals surface area contributed by atoms with E-state index in [1.54, 1.807) is 17.9 Å². The molecule has 0 radical (unpaired) electrons. The Morgan fingerprint density at radius 2 is 1.81 bits per heavy atom. The zero-order chi connectivity index (χ0) is 22.3. The summed E-state index contributed by atoms with van der Waals surface area (Å²) >= 11 is 0. The van der Waals surface area contributed by atoms with Crippen molar-refractivity contribution in [2.75, 3.05) is 12.4 Å². The van der Waals surface area contributed by atoms with Gasteiger partial charge in [-0.1, -0.05) is 0 Å². The van der Waals surface area contributed by atoms with E-state index in [4.69, 9.17) is 9.72 Å². The fourth-order valence-electron chi connectivity index (χ4n) is 3.79. The minimum absolute atomic E-state index is 0.209. The highest BCUT2D eigenvalue weighted by Gasteiger charge is 2.20. The molecule has 1 amide bonds. The summed E-state index contributed by atoms with van der Waals surface area (Å²) in [6.45, 7) is 7.96. The number of hydrogen-bond acceptors (Lipinski definition) is 5. The molecule has 0 spiro atoms. The number of hydrogen-bond donors (Lipinski definition) is 1. The Balaban J connectivity index is 1.79. The Morgan fingerprint density at radius 1 is 1.10 bits per heavy atom. The molecule has 8 nitrogen and oxygen atoms in total. The van der Waals surface area contributed by atoms with Crippen LogP contribution >= 0.6 is 0 Å². The number of rotatable bonds is 5. The van der Waals surface area contributed by atoms with Gasteiger partial charge in [0.1, 0.15) is 5.75 Å². The van der Waals surface area contributed by atoms with E-state index in [2.05, 4.69) is 29.4 Å². The predicted octanol–water partition coefficient (Wildman–Crippen LogP) is 4.29. The molecular weight excluding hydrogens is 392 g/mol. The van der Waals surface area contributed by atoms with Gasteiger partial charge in [0.15, 0.2) is 11.5 Å². The summed E-state index contributed by atoms with van der Waals surface area (Å²) in [6.07, 6.45) is 0. The lowest BCUT2D eigenvalue weighted by molar-refractivity contribution is 0.102. The topological polar surface area (TPSA) is 86.9 Å². The van der Waals surface area contributed by atoms with Gasteiger partial charge in [0.25, 0.3) is 5.91 Å². The highest BCUT2D eigenvalue weighted by atomic mass is 16.5. The highest BCUT2D eigenvalue weighted by molar-refractivity contribution is 6.13. The van der Waals surface area contributed by atoms with Crippen molar-refractivity contribution in [1.29, 1.82) is 0 Å². The van der Waals surface area contributed by atoms with Crippen LogP contribution in [0.1, 0.15) is 41.6 Å². The standard InChI is InChI=1S/C23H26N6O2/c1-13(2)29-14(3)11-20(27-29)25-23(30)18-12-19(16-7-9-17(31-6)10-8-16)24-22-21(18)15(4)26-28(22)5/h7-13H,1-6H3,(H,25,27,30). The van der Waals surface area contributed by atoms with Gasteiger partial charge in [-0.15, -0.1) is 0 Å². The third-order valence-electron chi connectivity index (χ3n) is 5.25. The maximum Gasteiger partial charge on any atom is 0.257 e. The monoisotopic (exact) mass is 418 g/mol. The average Bonchev–Trinajstić information content (AvgIpc) is 3.26. The van der Waals surface area contributed by atoms with Crippen LogP contribution in [-0.4, -0.2) is 37.6 Å². The van der Waals surface area contributed by atoms with Crippen LogP contribution in [0.15, 0.2) is 36.4 Å². The number of fused-ring (bicyclic) bond motifs is 1. The van der Waals surface area contributed by atoms with Gasteiger partial charge < -0.3 is 10.1 Å². The fourth-order valence-corrected chi connectivity index (χ4v) is 3.79. The largest absolute Gasteiger partial charge is 0.497 e. The van der Waals surface area contributed by atoms with Gasteiger partial charge in [-0.05, 0) is 58.0 Å². The summed E-state index contributed by atoms with van der Waals surface area (Å²) in [5.41, 5.74) is 4.47. The second-order valence-corrected chi connectivity index (χ2v) is 7.85. The zero-order valence-corrected chi connectivity index (χ0v) is 18.6. The quantitative estimate of drug-likeness (QED) is 0.522. The van der Waals surface area contributed by atoms with Crippen LogP contribution in [0, 0.1) is 13.8 Å². The van der Waals surface area contributed by atoms with Crippen molar-refractivity contribution in [2.45, 2.75) is 33.7 Å². The van der Waals surface area contributed by atoms with E-state index >= 15 is 0 Å². The van der Waals surface area contributed by atoms with Crippen LogP contribution in [0.4, 0.5) is 5.82 Å². The summed E-state index contributed by atoms with van der Waals surface area (Å²) in [5, 5.41) is 12.7. The van der Waals surface area contributed by atoms with Crippen molar-refractivity contribution in [3.05, 3.63) is 53.3 Å². The first kappa shape index (κ1) is 20.6. The second-order valence-electron chi connectivity index (χ2n) is 7.85. The number of ether oxygens (including phenoxy) is 1. The summed E-state index contributed by atoms with van der Waals surface area (Å²) in [7, 11) is 3.46. The molecule has 0 aliphatic carbocycles. The lowest BCUT2D eigenvalue weighted by Crippen LogP contribution is -2.14. The number of nitrogens with zero attached hydrogens (tertiary/aromatic N) is 5. The molecule has 31 heavy (non-hydrogen) atoms. The molecule has 1 N–H and O–H groups in total. The van der Waals surface area contributed by atoms with E-state index in [1.165, 1.54) is 0 Å². The summed E-state index contributed by atoms with van der Waals surface area (Å²) in [5.74, 6) is 1.04. The molecule has 1 aromatic carbocycles. The fraction of sp³-hybridized carbons (Fsp3) is 0.304.